The van der Waals surface area contributed by atoms with Crippen LogP contribution in [0.15, 0.2) is 51.5 Å². The van der Waals surface area contributed by atoms with Crippen LogP contribution in [-0.2, 0) is 0 Å². The molecule has 2 nitrogen and oxygen atoms in total. The first-order chi connectivity index (χ1) is 8.66. The quantitative estimate of drug-likeness (QED) is 0.835. The van der Waals surface area contributed by atoms with Gasteiger partial charge in [0.15, 0.2) is 0 Å². The fourth-order valence-corrected chi connectivity index (χ4v) is 2.82. The summed E-state index contributed by atoms with van der Waals surface area (Å²) in [5.74, 6) is 1.32. The number of hydrogen-bond donors (Lipinski definition) is 1. The Hall–Kier alpha value is -0.870. The molecular weight excluding hydrogens is 356 g/mol. The summed E-state index contributed by atoms with van der Waals surface area (Å²) in [7, 11) is 0. The summed E-state index contributed by atoms with van der Waals surface area (Å²) in [6, 6.07) is 12.5. The highest BCUT2D eigenvalue weighted by atomic mass is 79.9. The van der Waals surface area contributed by atoms with Crippen LogP contribution >= 0.6 is 31.9 Å². The van der Waals surface area contributed by atoms with Crippen LogP contribution in [0.5, 0.6) is 0 Å². The Morgan fingerprint density at radius 2 is 1.94 bits per heavy atom. The molecule has 0 radical (unpaired) electrons. The predicted molar refractivity (Wildman–Crippen MR) is 83.0 cm³/mol. The van der Waals surface area contributed by atoms with Gasteiger partial charge in [-0.3, -0.25) is 0 Å². The molecule has 94 valence electrons. The van der Waals surface area contributed by atoms with Crippen molar-refractivity contribution in [2.45, 2.75) is 12.8 Å². The van der Waals surface area contributed by atoms with Crippen molar-refractivity contribution in [3.05, 3.63) is 57.1 Å². The zero-order valence-electron chi connectivity index (χ0n) is 10.0. The zero-order valence-corrected chi connectivity index (χ0v) is 13.2. The minimum absolute atomic E-state index is 0.448. The number of benzene rings is 1. The van der Waals surface area contributed by atoms with Crippen LogP contribution in [0, 0.1) is 0 Å². The zero-order chi connectivity index (χ0) is 13.0. The number of pyridine rings is 1. The van der Waals surface area contributed by atoms with Crippen LogP contribution in [0.1, 0.15) is 18.4 Å². The van der Waals surface area contributed by atoms with Crippen LogP contribution in [-0.4, -0.2) is 11.5 Å². The van der Waals surface area contributed by atoms with Crippen molar-refractivity contribution in [1.82, 2.24) is 4.98 Å². The maximum atomic E-state index is 4.34. The van der Waals surface area contributed by atoms with Crippen molar-refractivity contribution < 1.29 is 0 Å². The molecule has 2 rings (SSSR count). The molecule has 0 amide bonds. The molecular formula is C14H14Br2N2. The highest BCUT2D eigenvalue weighted by Crippen LogP contribution is 2.24. The molecule has 0 bridgehead atoms. The normalized spacial score (nSPS) is 12.2. The molecule has 0 aliphatic carbocycles. The molecule has 0 spiro atoms. The SMILES string of the molecule is CC(CNc1ncc(Br)cc1Br)c1ccccc1. The lowest BCUT2D eigenvalue weighted by Gasteiger charge is -2.14. The lowest BCUT2D eigenvalue weighted by atomic mass is 10.0. The van der Waals surface area contributed by atoms with Crippen molar-refractivity contribution in [2.24, 2.45) is 0 Å². The summed E-state index contributed by atoms with van der Waals surface area (Å²) in [4.78, 5) is 4.34. The third kappa shape index (κ3) is 3.56. The number of hydrogen-bond acceptors (Lipinski definition) is 2. The van der Waals surface area contributed by atoms with E-state index in [0.717, 1.165) is 21.3 Å². The predicted octanol–water partition coefficient (Wildman–Crippen LogP) is 4.82. The molecule has 1 heterocycles. The van der Waals surface area contributed by atoms with Gasteiger partial charge >= 0.3 is 0 Å². The lowest BCUT2D eigenvalue weighted by molar-refractivity contribution is 0.801. The van der Waals surface area contributed by atoms with Crippen molar-refractivity contribution in [3.63, 3.8) is 0 Å². The van der Waals surface area contributed by atoms with Crippen LogP contribution in [0.2, 0.25) is 0 Å². The van der Waals surface area contributed by atoms with E-state index in [4.69, 9.17) is 0 Å². The van der Waals surface area contributed by atoms with Crippen molar-refractivity contribution in [1.29, 1.82) is 0 Å². The van der Waals surface area contributed by atoms with Gasteiger partial charge in [0.2, 0.25) is 0 Å². The molecule has 18 heavy (non-hydrogen) atoms. The smallest absolute Gasteiger partial charge is 0.140 e. The van der Waals surface area contributed by atoms with E-state index < -0.39 is 0 Å². The van der Waals surface area contributed by atoms with E-state index >= 15 is 0 Å². The Balaban J connectivity index is 1.99. The van der Waals surface area contributed by atoms with Crippen LogP contribution in [0.4, 0.5) is 5.82 Å². The number of halogens is 2. The minimum atomic E-state index is 0.448. The largest absolute Gasteiger partial charge is 0.369 e. The van der Waals surface area contributed by atoms with Gasteiger partial charge in [0.1, 0.15) is 5.82 Å². The highest BCUT2D eigenvalue weighted by Gasteiger charge is 2.07. The summed E-state index contributed by atoms with van der Waals surface area (Å²) in [5, 5.41) is 3.36. The Kier molecular flexibility index (Phi) is 4.78. The molecule has 0 aliphatic heterocycles. The third-order valence-electron chi connectivity index (χ3n) is 2.75. The van der Waals surface area contributed by atoms with Gasteiger partial charge in [-0.2, -0.15) is 0 Å². The number of aromatic nitrogens is 1. The third-order valence-corrected chi connectivity index (χ3v) is 3.79. The van der Waals surface area contributed by atoms with Crippen LogP contribution < -0.4 is 5.32 Å². The van der Waals surface area contributed by atoms with E-state index in [1.54, 1.807) is 6.20 Å². The van der Waals surface area contributed by atoms with Gasteiger partial charge in [0.25, 0.3) is 0 Å². The maximum Gasteiger partial charge on any atom is 0.140 e. The van der Waals surface area contributed by atoms with Crippen molar-refractivity contribution >= 4 is 37.7 Å². The van der Waals surface area contributed by atoms with Crippen LogP contribution in [0.25, 0.3) is 0 Å². The number of rotatable bonds is 4. The molecule has 1 aromatic heterocycles. The van der Waals surface area contributed by atoms with Gasteiger partial charge in [0, 0.05) is 17.2 Å². The molecule has 1 unspecified atom stereocenters. The molecule has 1 atom stereocenters. The molecule has 0 fully saturated rings. The van der Waals surface area contributed by atoms with E-state index in [2.05, 4.69) is 73.3 Å². The monoisotopic (exact) mass is 368 g/mol. The van der Waals surface area contributed by atoms with Crippen LogP contribution in [0.3, 0.4) is 0 Å². The first-order valence-corrected chi connectivity index (χ1v) is 7.35. The maximum absolute atomic E-state index is 4.34. The summed E-state index contributed by atoms with van der Waals surface area (Å²) in [5.41, 5.74) is 1.33. The first-order valence-electron chi connectivity index (χ1n) is 5.76. The Bertz CT molecular complexity index is 514. The standard InChI is InChI=1S/C14H14Br2N2/c1-10(11-5-3-2-4-6-11)8-17-14-13(16)7-12(15)9-18-14/h2-7,9-10H,8H2,1H3,(H,17,18). The van der Waals surface area contributed by atoms with Crippen molar-refractivity contribution in [2.75, 3.05) is 11.9 Å². The van der Waals surface area contributed by atoms with E-state index in [0.29, 0.717) is 5.92 Å². The van der Waals surface area contributed by atoms with Gasteiger partial charge in [-0.25, -0.2) is 4.98 Å². The highest BCUT2D eigenvalue weighted by molar-refractivity contribution is 9.11. The Labute approximate surface area is 124 Å². The summed E-state index contributed by atoms with van der Waals surface area (Å²) in [6.45, 7) is 3.06. The van der Waals surface area contributed by atoms with Gasteiger partial charge in [-0.1, -0.05) is 37.3 Å². The van der Waals surface area contributed by atoms with E-state index in [1.165, 1.54) is 5.56 Å². The molecule has 1 aromatic carbocycles. The summed E-state index contributed by atoms with van der Waals surface area (Å²) >= 11 is 6.89. The molecule has 0 saturated carbocycles. The number of anilines is 1. The van der Waals surface area contributed by atoms with Gasteiger partial charge < -0.3 is 5.32 Å². The second-order valence-corrected chi connectivity index (χ2v) is 5.95. The second kappa shape index (κ2) is 6.34. The number of nitrogens with zero attached hydrogens (tertiary/aromatic N) is 1. The topological polar surface area (TPSA) is 24.9 Å². The minimum Gasteiger partial charge on any atom is -0.369 e. The number of nitrogens with one attached hydrogen (secondary N) is 1. The lowest BCUT2D eigenvalue weighted by Crippen LogP contribution is -2.11. The fourth-order valence-electron chi connectivity index (χ4n) is 1.69. The second-order valence-electron chi connectivity index (χ2n) is 4.18. The van der Waals surface area contributed by atoms with E-state index in [-0.39, 0.29) is 0 Å². The van der Waals surface area contributed by atoms with E-state index in [9.17, 15) is 0 Å². The molecule has 0 aliphatic rings. The van der Waals surface area contributed by atoms with Crippen molar-refractivity contribution in [3.8, 4) is 0 Å². The molecule has 2 aromatic rings. The van der Waals surface area contributed by atoms with E-state index in [1.807, 2.05) is 12.1 Å². The first kappa shape index (κ1) is 13.6. The average Bonchev–Trinajstić information content (AvgIpc) is 2.38. The summed E-state index contributed by atoms with van der Waals surface area (Å²) in [6.07, 6.45) is 1.79. The van der Waals surface area contributed by atoms with Gasteiger partial charge in [-0.15, -0.1) is 0 Å². The molecule has 0 saturated heterocycles. The molecule has 4 heteroatoms. The van der Waals surface area contributed by atoms with Gasteiger partial charge in [0.05, 0.1) is 4.47 Å². The van der Waals surface area contributed by atoms with Gasteiger partial charge in [-0.05, 0) is 49.4 Å². The Morgan fingerprint density at radius 1 is 1.22 bits per heavy atom. The fraction of sp³-hybridized carbons (Fsp3) is 0.214. The average molecular weight is 370 g/mol. The molecule has 1 N–H and O–H groups in total. The summed E-state index contributed by atoms with van der Waals surface area (Å²) < 4.78 is 1.94. The Morgan fingerprint density at radius 3 is 2.61 bits per heavy atom.